The second kappa shape index (κ2) is 12.8. The van der Waals surface area contributed by atoms with Crippen molar-refractivity contribution in [2.24, 2.45) is 0 Å². The van der Waals surface area contributed by atoms with Crippen LogP contribution in [-0.4, -0.2) is 3.71 Å². The summed E-state index contributed by atoms with van der Waals surface area (Å²) in [7, 11) is 0. The Morgan fingerprint density at radius 2 is 1.13 bits per heavy atom. The molecule has 0 saturated carbocycles. The smallest absolute Gasteiger partial charge is 0.0512 e. The van der Waals surface area contributed by atoms with E-state index in [0.29, 0.717) is 0 Å². The van der Waals surface area contributed by atoms with Crippen molar-refractivity contribution < 1.29 is 24.2 Å². The fourth-order valence-electron chi connectivity index (χ4n) is 3.23. The summed E-state index contributed by atoms with van der Waals surface area (Å²) in [6.45, 7) is 2.04. The van der Waals surface area contributed by atoms with E-state index < -0.39 is 0 Å². The zero-order valence-corrected chi connectivity index (χ0v) is 17.7. The molecule has 2 aromatic rings. The molecule has 2 aliphatic rings. The van der Waals surface area contributed by atoms with Gasteiger partial charge in [0.05, 0.1) is 0 Å². The third-order valence-corrected chi connectivity index (χ3v) is 4.30. The number of hydrogen-bond acceptors (Lipinski definition) is 0. The molecule has 0 bridgehead atoms. The molecule has 4 rings (SSSR count). The Morgan fingerprint density at radius 3 is 1.48 bits per heavy atom. The van der Waals surface area contributed by atoms with Crippen LogP contribution in [0.3, 0.4) is 0 Å². The van der Waals surface area contributed by atoms with Crippen LogP contribution in [0.15, 0.2) is 36.4 Å². The van der Waals surface area contributed by atoms with Crippen molar-refractivity contribution in [2.75, 3.05) is 0 Å². The van der Waals surface area contributed by atoms with Gasteiger partial charge in [0.1, 0.15) is 0 Å². The first-order chi connectivity index (χ1) is 10.3. The van der Waals surface area contributed by atoms with Gasteiger partial charge in [-0.1, -0.05) is 51.4 Å². The van der Waals surface area contributed by atoms with Crippen molar-refractivity contribution in [1.82, 2.24) is 0 Å². The second-order valence-corrected chi connectivity index (χ2v) is 7.27. The Kier molecular flexibility index (Phi) is 12.5. The maximum atomic E-state index is 2.26. The number of rotatable bonds is 0. The maximum absolute atomic E-state index is 2.26. The van der Waals surface area contributed by atoms with Gasteiger partial charge in [0.2, 0.25) is 0 Å². The van der Waals surface area contributed by atoms with E-state index in [2.05, 4.69) is 40.1 Å². The molecule has 0 fully saturated rings. The maximum Gasteiger partial charge on any atom is -0.0512 e. The van der Waals surface area contributed by atoms with Crippen LogP contribution in [0.4, 0.5) is 0 Å². The minimum absolute atomic E-state index is 0. The summed E-state index contributed by atoms with van der Waals surface area (Å²) >= 11 is 1.51. The Bertz CT molecular complexity index is 442. The summed E-state index contributed by atoms with van der Waals surface area (Å²) in [5.74, 6) is 0. The van der Waals surface area contributed by atoms with Gasteiger partial charge in [-0.15, -0.1) is 0 Å². The van der Waals surface area contributed by atoms with Crippen molar-refractivity contribution in [3.8, 4) is 0 Å². The average molecular weight is 388 g/mol. The molecule has 0 nitrogen and oxygen atoms in total. The van der Waals surface area contributed by atoms with Gasteiger partial charge in [-0.2, -0.15) is 46.5 Å². The number of fused-ring (bicyclic) bond motifs is 2. The number of hydrogen-bond donors (Lipinski definition) is 0. The van der Waals surface area contributed by atoms with Gasteiger partial charge >= 0.3 is 34.9 Å². The second-order valence-electron chi connectivity index (χ2n) is 5.86. The molecule has 1 heteroatoms. The molecule has 2 aromatic carbocycles. The molecule has 0 atom stereocenters. The van der Waals surface area contributed by atoms with Crippen molar-refractivity contribution in [2.45, 2.75) is 58.3 Å². The third kappa shape index (κ3) is 7.25. The molecule has 0 amide bonds. The predicted molar refractivity (Wildman–Crippen MR) is 102 cm³/mol. The minimum Gasteiger partial charge on any atom is -0.358 e. The van der Waals surface area contributed by atoms with E-state index in [1.165, 1.54) is 75.6 Å². The van der Waals surface area contributed by atoms with E-state index in [0.717, 1.165) is 0 Å². The zero-order chi connectivity index (χ0) is 14.9. The van der Waals surface area contributed by atoms with Crippen molar-refractivity contribution >= 4 is 3.71 Å². The Hall–Kier alpha value is -0.547. The van der Waals surface area contributed by atoms with Crippen LogP contribution >= 0.6 is 0 Å². The van der Waals surface area contributed by atoms with E-state index >= 15 is 0 Å². The summed E-state index contributed by atoms with van der Waals surface area (Å²) < 4.78 is 2.09. The van der Waals surface area contributed by atoms with E-state index in [1.54, 1.807) is 22.3 Å². The minimum atomic E-state index is 0. The first kappa shape index (κ1) is 22.5. The van der Waals surface area contributed by atoms with Gasteiger partial charge in [-0.05, 0) is 0 Å². The fourth-order valence-corrected chi connectivity index (χ4v) is 3.23. The van der Waals surface area contributed by atoms with Gasteiger partial charge in [0, 0.05) is 0 Å². The molecule has 0 spiro atoms. The number of aryl methyl sites for hydroxylation is 4. The van der Waals surface area contributed by atoms with E-state index in [-0.39, 0.29) is 14.9 Å². The topological polar surface area (TPSA) is 0 Å². The molecule has 0 saturated heterocycles. The summed E-state index contributed by atoms with van der Waals surface area (Å²) in [5.41, 5.74) is 6.39. The first-order valence-electron chi connectivity index (χ1n) is 8.27. The van der Waals surface area contributed by atoms with Gasteiger partial charge in [0.25, 0.3) is 0 Å². The summed E-state index contributed by atoms with van der Waals surface area (Å²) in [6.07, 6.45) is 10.9. The molecule has 0 unspecified atom stereocenters. The van der Waals surface area contributed by atoms with Crippen LogP contribution < -0.4 is 0 Å². The Morgan fingerprint density at radius 1 is 0.783 bits per heavy atom. The van der Waals surface area contributed by atoms with E-state index in [1.807, 2.05) is 6.92 Å². The summed E-state index contributed by atoms with van der Waals surface area (Å²) in [5, 5.41) is 0. The molecule has 2 aliphatic carbocycles. The van der Waals surface area contributed by atoms with Crippen LogP contribution in [0.25, 0.3) is 0 Å². The zero-order valence-electron chi connectivity index (χ0n) is 15.2. The monoisotopic (exact) mass is 386 g/mol. The summed E-state index contributed by atoms with van der Waals surface area (Å²) in [4.78, 5) is 0. The van der Waals surface area contributed by atoms with Crippen molar-refractivity contribution in [1.29, 1.82) is 0 Å². The quantitative estimate of drug-likeness (QED) is 0.499. The van der Waals surface area contributed by atoms with E-state index in [9.17, 15) is 0 Å². The van der Waals surface area contributed by atoms with Gasteiger partial charge in [0.15, 0.2) is 0 Å². The SMILES string of the molecule is C[CH]=[Zr].[CH3-].[CH3-].c1cc2c([cH-]1)CCCC2.c1cc2c([cH-]1)CCCC2. The average Bonchev–Trinajstić information content (AvgIpc) is 3.17. The standard InChI is InChI=1S/2C9H11.C2H4.2CH3.Zr/c2*1-2-5-9-7-3-6-8(9)4-1;1-2;;;/h2*3,6-7H,1-2,4-5H2;1H,2H3;2*1H3;/q2*-1;;2*-1;. The predicted octanol–water partition coefficient (Wildman–Crippen LogP) is 5.82. The largest absolute Gasteiger partial charge is 0.358 e. The van der Waals surface area contributed by atoms with Crippen LogP contribution in [-0.2, 0) is 49.9 Å². The first-order valence-corrected chi connectivity index (χ1v) is 9.69. The summed E-state index contributed by atoms with van der Waals surface area (Å²) in [6, 6.07) is 13.4. The molecular formula is C22H32Zr-4. The third-order valence-electron chi connectivity index (χ3n) is 4.30. The fraction of sp³-hybridized carbons (Fsp3) is 0.409. The van der Waals surface area contributed by atoms with Gasteiger partial charge in [-0.25, -0.2) is 12.1 Å². The molecule has 0 aromatic heterocycles. The molecule has 23 heavy (non-hydrogen) atoms. The van der Waals surface area contributed by atoms with Crippen LogP contribution in [0.5, 0.6) is 0 Å². The Balaban J connectivity index is 0.000000336. The normalized spacial score (nSPS) is 14.1. The molecule has 0 heterocycles. The van der Waals surface area contributed by atoms with Crippen molar-refractivity contribution in [3.05, 3.63) is 73.5 Å². The van der Waals surface area contributed by atoms with Crippen molar-refractivity contribution in [3.63, 3.8) is 0 Å². The molecule has 0 aliphatic heterocycles. The molecule has 0 N–H and O–H groups in total. The van der Waals surface area contributed by atoms with E-state index in [4.69, 9.17) is 0 Å². The molecular weight excluding hydrogens is 355 g/mol. The van der Waals surface area contributed by atoms with Gasteiger partial charge < -0.3 is 14.9 Å². The molecule has 0 radical (unpaired) electrons. The van der Waals surface area contributed by atoms with Crippen LogP contribution in [0, 0.1) is 14.9 Å². The van der Waals surface area contributed by atoms with Gasteiger partial charge in [-0.3, -0.25) is 0 Å². The van der Waals surface area contributed by atoms with Crippen LogP contribution in [0.2, 0.25) is 0 Å². The molecule has 128 valence electrons. The Labute approximate surface area is 159 Å². The van der Waals surface area contributed by atoms with Crippen LogP contribution in [0.1, 0.15) is 54.9 Å².